The summed E-state index contributed by atoms with van der Waals surface area (Å²) in [6.45, 7) is 7.93. The van der Waals surface area contributed by atoms with Crippen LogP contribution in [-0.4, -0.2) is 39.1 Å². The number of rotatable bonds is 5. The molecule has 1 aromatic rings. The molecule has 126 valence electrons. The van der Waals surface area contributed by atoms with Gasteiger partial charge in [-0.25, -0.2) is 28.1 Å². The summed E-state index contributed by atoms with van der Waals surface area (Å²) in [7, 11) is 0. The molecule has 0 spiro atoms. The summed E-state index contributed by atoms with van der Waals surface area (Å²) in [5, 5.41) is 0. The van der Waals surface area contributed by atoms with E-state index in [4.69, 9.17) is 9.47 Å². The van der Waals surface area contributed by atoms with Crippen molar-refractivity contribution in [3.8, 4) is 0 Å². The van der Waals surface area contributed by atoms with Crippen molar-refractivity contribution in [2.75, 3.05) is 13.2 Å². The fourth-order valence-corrected chi connectivity index (χ4v) is 2.71. The summed E-state index contributed by atoms with van der Waals surface area (Å²) in [5.74, 6) is 0. The van der Waals surface area contributed by atoms with Gasteiger partial charge in [-0.1, -0.05) is 6.08 Å². The van der Waals surface area contributed by atoms with Crippen LogP contribution in [0.2, 0.25) is 0 Å². The molecule has 2 aliphatic heterocycles. The molecule has 2 fully saturated rings. The smallest absolute Gasteiger partial charge is 0.341 e. The predicted octanol–water partition coefficient (Wildman–Crippen LogP) is -0.0280. The van der Waals surface area contributed by atoms with Crippen molar-refractivity contribution in [3.05, 3.63) is 37.5 Å². The maximum absolute atomic E-state index is 12.8. The van der Waals surface area contributed by atoms with E-state index in [2.05, 4.69) is 0 Å². The minimum atomic E-state index is -0.626. The van der Waals surface area contributed by atoms with Gasteiger partial charge in [0.2, 0.25) is 0 Å². The van der Waals surface area contributed by atoms with E-state index in [0.29, 0.717) is 18.9 Å². The van der Waals surface area contributed by atoms with E-state index >= 15 is 0 Å². The Kier molecular flexibility index (Phi) is 3.89. The number of hydrogen-bond donors (Lipinski definition) is 0. The first-order chi connectivity index (χ1) is 10.9. The highest BCUT2D eigenvalue weighted by atomic mass is 16.6. The normalized spacial score (nSPS) is 26.0. The second-order valence-electron chi connectivity index (χ2n) is 6.08. The predicted molar refractivity (Wildman–Crippen MR) is 83.7 cm³/mol. The highest BCUT2D eigenvalue weighted by Gasteiger charge is 2.37. The van der Waals surface area contributed by atoms with Gasteiger partial charge in [-0.15, -0.1) is 0 Å². The fraction of sp³-hybridized carbons (Fsp3) is 0.667. The van der Waals surface area contributed by atoms with E-state index < -0.39 is 29.2 Å². The Morgan fingerprint density at radius 1 is 1.00 bits per heavy atom. The first-order valence-corrected chi connectivity index (χ1v) is 7.75. The largest absolute Gasteiger partial charge is 0.371 e. The van der Waals surface area contributed by atoms with Crippen molar-refractivity contribution < 1.29 is 9.47 Å². The van der Waals surface area contributed by atoms with Gasteiger partial charge in [0.25, 0.3) is 0 Å². The lowest BCUT2D eigenvalue weighted by Gasteiger charge is -2.20. The lowest BCUT2D eigenvalue weighted by atomic mass is 10.2. The van der Waals surface area contributed by atoms with Crippen molar-refractivity contribution in [2.24, 2.45) is 0 Å². The summed E-state index contributed by atoms with van der Waals surface area (Å²) in [6.07, 6.45) is 1.33. The van der Waals surface area contributed by atoms with Crippen molar-refractivity contribution in [3.63, 3.8) is 0 Å². The third-order valence-electron chi connectivity index (χ3n) is 4.59. The number of aromatic nitrogens is 3. The Labute approximate surface area is 132 Å². The molecule has 1 aromatic heterocycles. The highest BCUT2D eigenvalue weighted by Crippen LogP contribution is 2.23. The van der Waals surface area contributed by atoms with Crippen LogP contribution in [0.3, 0.4) is 0 Å². The molecule has 3 heterocycles. The summed E-state index contributed by atoms with van der Waals surface area (Å²) in [5.41, 5.74) is -1.38. The molecule has 23 heavy (non-hydrogen) atoms. The standard InChI is InChI=1S/C15H21N3O5/c1-5-8(2)16-13(19)17(9(3)11-6-22-11)15(21)18(14(16)20)10(4)12-7-23-12/h5,9-12H,6-7H2,1-4H3. The van der Waals surface area contributed by atoms with E-state index in [1.807, 2.05) is 0 Å². The number of ether oxygens (including phenoxy) is 2. The van der Waals surface area contributed by atoms with Crippen molar-refractivity contribution in [1.29, 1.82) is 0 Å². The zero-order valence-corrected chi connectivity index (χ0v) is 13.7. The van der Waals surface area contributed by atoms with Gasteiger partial charge in [-0.3, -0.25) is 0 Å². The van der Waals surface area contributed by atoms with Crippen LogP contribution in [0.25, 0.3) is 5.70 Å². The molecule has 8 heteroatoms. The molecular formula is C15H21N3O5. The summed E-state index contributed by atoms with van der Waals surface area (Å²) >= 11 is 0. The van der Waals surface area contributed by atoms with Gasteiger partial charge >= 0.3 is 17.1 Å². The van der Waals surface area contributed by atoms with Gasteiger partial charge in [0, 0.05) is 5.70 Å². The Hall–Kier alpha value is -1.93. The molecular weight excluding hydrogens is 302 g/mol. The number of hydrogen-bond acceptors (Lipinski definition) is 5. The van der Waals surface area contributed by atoms with Crippen LogP contribution in [0.1, 0.15) is 39.8 Å². The molecule has 2 saturated heterocycles. The zero-order chi connectivity index (χ0) is 16.9. The van der Waals surface area contributed by atoms with Crippen LogP contribution in [0, 0.1) is 0 Å². The number of epoxide rings is 2. The Balaban J connectivity index is 2.31. The maximum atomic E-state index is 12.8. The third kappa shape index (κ3) is 2.61. The topological polar surface area (TPSA) is 91.1 Å². The molecule has 8 nitrogen and oxygen atoms in total. The first kappa shape index (κ1) is 15.9. The minimum Gasteiger partial charge on any atom is -0.371 e. The van der Waals surface area contributed by atoms with Gasteiger partial charge in [0.15, 0.2) is 0 Å². The average molecular weight is 323 g/mol. The molecule has 3 rings (SSSR count). The Morgan fingerprint density at radius 2 is 1.39 bits per heavy atom. The van der Waals surface area contributed by atoms with Crippen molar-refractivity contribution >= 4 is 5.70 Å². The Morgan fingerprint density at radius 3 is 1.70 bits per heavy atom. The van der Waals surface area contributed by atoms with Gasteiger partial charge in [0.05, 0.1) is 25.3 Å². The van der Waals surface area contributed by atoms with E-state index in [1.54, 1.807) is 33.8 Å². The van der Waals surface area contributed by atoms with E-state index in [1.165, 1.54) is 0 Å². The van der Waals surface area contributed by atoms with Crippen LogP contribution >= 0.6 is 0 Å². The van der Waals surface area contributed by atoms with Crippen LogP contribution in [0.4, 0.5) is 0 Å². The lowest BCUT2D eigenvalue weighted by molar-refractivity contribution is 0.291. The summed E-state index contributed by atoms with van der Waals surface area (Å²) in [4.78, 5) is 38.3. The molecule has 0 N–H and O–H groups in total. The van der Waals surface area contributed by atoms with Gasteiger partial charge < -0.3 is 9.47 Å². The van der Waals surface area contributed by atoms with Crippen LogP contribution in [0.5, 0.6) is 0 Å². The number of nitrogens with zero attached hydrogens (tertiary/aromatic N) is 3. The third-order valence-corrected chi connectivity index (χ3v) is 4.59. The molecule has 0 aromatic carbocycles. The molecule has 4 atom stereocenters. The molecule has 0 bridgehead atoms. The number of allylic oxidation sites excluding steroid dienone is 2. The van der Waals surface area contributed by atoms with Crippen LogP contribution in [0.15, 0.2) is 20.5 Å². The van der Waals surface area contributed by atoms with Gasteiger partial charge in [0.1, 0.15) is 12.2 Å². The summed E-state index contributed by atoms with van der Waals surface area (Å²) in [6, 6.07) is -0.852. The zero-order valence-electron chi connectivity index (χ0n) is 13.7. The van der Waals surface area contributed by atoms with E-state index in [9.17, 15) is 14.4 Å². The average Bonchev–Trinajstić information content (AvgIpc) is 3.39. The van der Waals surface area contributed by atoms with E-state index in [0.717, 1.165) is 13.7 Å². The monoisotopic (exact) mass is 323 g/mol. The van der Waals surface area contributed by atoms with Crippen molar-refractivity contribution in [1.82, 2.24) is 13.7 Å². The summed E-state index contributed by atoms with van der Waals surface area (Å²) < 4.78 is 13.7. The molecule has 0 radical (unpaired) electrons. The fourth-order valence-electron chi connectivity index (χ4n) is 2.71. The van der Waals surface area contributed by atoms with E-state index in [-0.39, 0.29) is 12.2 Å². The molecule has 2 aliphatic rings. The Bertz CT molecular complexity index is 767. The SMILES string of the molecule is CC=C(C)n1c(=O)n(C(C)C2CO2)c(=O)n(C(C)C2CO2)c1=O. The van der Waals surface area contributed by atoms with Gasteiger partial charge in [-0.05, 0) is 27.7 Å². The lowest BCUT2D eigenvalue weighted by Crippen LogP contribution is -2.56. The molecule has 0 amide bonds. The maximum Gasteiger partial charge on any atom is 0.341 e. The van der Waals surface area contributed by atoms with Crippen LogP contribution < -0.4 is 17.1 Å². The minimum absolute atomic E-state index is 0.168. The highest BCUT2D eigenvalue weighted by molar-refractivity contribution is 5.40. The molecule has 0 saturated carbocycles. The van der Waals surface area contributed by atoms with Gasteiger partial charge in [-0.2, -0.15) is 0 Å². The molecule has 0 aliphatic carbocycles. The first-order valence-electron chi connectivity index (χ1n) is 7.75. The second kappa shape index (κ2) is 5.61. The second-order valence-corrected chi connectivity index (χ2v) is 6.08. The van der Waals surface area contributed by atoms with Crippen molar-refractivity contribution in [2.45, 2.75) is 52.0 Å². The van der Waals surface area contributed by atoms with Crippen LogP contribution in [-0.2, 0) is 9.47 Å². The quantitative estimate of drug-likeness (QED) is 0.710. The molecule has 4 unspecified atom stereocenters.